The first-order valence-corrected chi connectivity index (χ1v) is 9.22. The Labute approximate surface area is 160 Å². The number of fused-ring (bicyclic) bond motifs is 2. The highest BCUT2D eigenvalue weighted by atomic mass is 16.6. The second kappa shape index (κ2) is 5.99. The summed E-state index contributed by atoms with van der Waals surface area (Å²) in [5.74, 6) is -0.557. The number of hydrogen-bond donors (Lipinski definition) is 1. The number of allylic oxidation sites excluding steroid dienone is 3. The molecule has 2 aliphatic carbocycles. The molecule has 0 bridgehead atoms. The molecule has 0 saturated heterocycles. The number of nitrogens with zero attached hydrogens (tertiary/aromatic N) is 1. The molecule has 1 N–H and O–H groups in total. The number of carbonyl (C=O) groups excluding carboxylic acids is 2. The molecule has 1 unspecified atom stereocenters. The van der Waals surface area contributed by atoms with E-state index in [1.807, 2.05) is 18.2 Å². The van der Waals surface area contributed by atoms with E-state index >= 15 is 0 Å². The van der Waals surface area contributed by atoms with Crippen molar-refractivity contribution in [2.75, 3.05) is 0 Å². The third-order valence-electron chi connectivity index (χ3n) is 5.70. The lowest BCUT2D eigenvalue weighted by atomic mass is 9.75. The average Bonchev–Trinajstić information content (AvgIpc) is 2.99. The third kappa shape index (κ3) is 2.27. The highest BCUT2D eigenvalue weighted by Crippen LogP contribution is 2.48. The molecule has 138 valence electrons. The van der Waals surface area contributed by atoms with Gasteiger partial charge in [0.1, 0.15) is 0 Å². The normalized spacial score (nSPS) is 20.5. The number of hydrogen-bond acceptors (Lipinski definition) is 5. The van der Waals surface area contributed by atoms with E-state index in [2.05, 4.69) is 5.32 Å². The topological polar surface area (TPSA) is 89.3 Å². The number of carbonyl (C=O) groups is 2. The summed E-state index contributed by atoms with van der Waals surface area (Å²) >= 11 is 0. The lowest BCUT2D eigenvalue weighted by molar-refractivity contribution is -0.384. The van der Waals surface area contributed by atoms with Gasteiger partial charge < -0.3 is 5.32 Å². The molecule has 28 heavy (non-hydrogen) atoms. The first-order chi connectivity index (χ1) is 13.6. The SMILES string of the molecule is O=C1CCCC2=C1C(c1ccc([N+](=O)[O-])cc1)C1=C(N2)c2ccccc2C1=O. The number of rotatable bonds is 2. The van der Waals surface area contributed by atoms with Crippen LogP contribution in [0.1, 0.15) is 46.7 Å². The minimum absolute atomic E-state index is 0.0166. The molecule has 0 aromatic heterocycles. The first kappa shape index (κ1) is 16.6. The molecule has 1 aliphatic heterocycles. The number of Topliss-reactive ketones (excluding diaryl/α,β-unsaturated/α-hetero) is 2. The summed E-state index contributed by atoms with van der Waals surface area (Å²) in [5, 5.41) is 14.4. The molecule has 2 aromatic rings. The number of nitro benzene ring substituents is 1. The summed E-state index contributed by atoms with van der Waals surface area (Å²) < 4.78 is 0. The predicted octanol–water partition coefficient (Wildman–Crippen LogP) is 3.90. The molecule has 1 heterocycles. The maximum atomic E-state index is 13.2. The molecule has 0 fully saturated rings. The van der Waals surface area contributed by atoms with Gasteiger partial charge in [0.2, 0.25) is 0 Å². The molecule has 6 nitrogen and oxygen atoms in total. The molecular weight excluding hydrogens is 356 g/mol. The van der Waals surface area contributed by atoms with E-state index in [1.54, 1.807) is 18.2 Å². The molecule has 0 spiro atoms. The van der Waals surface area contributed by atoms with Crippen LogP contribution in [-0.4, -0.2) is 16.5 Å². The fourth-order valence-corrected chi connectivity index (χ4v) is 4.46. The maximum Gasteiger partial charge on any atom is 0.269 e. The van der Waals surface area contributed by atoms with Gasteiger partial charge in [-0.05, 0) is 18.4 Å². The number of non-ortho nitro benzene ring substituents is 1. The molecule has 0 radical (unpaired) electrons. The van der Waals surface area contributed by atoms with Crippen molar-refractivity contribution in [1.82, 2.24) is 5.32 Å². The number of nitrogens with one attached hydrogen (secondary N) is 1. The molecule has 2 aromatic carbocycles. The lowest BCUT2D eigenvalue weighted by Crippen LogP contribution is -2.31. The third-order valence-corrected chi connectivity index (χ3v) is 5.70. The quantitative estimate of drug-likeness (QED) is 0.638. The summed E-state index contributed by atoms with van der Waals surface area (Å²) in [4.78, 5) is 36.6. The van der Waals surface area contributed by atoms with Crippen LogP contribution in [0.2, 0.25) is 0 Å². The Bertz CT molecular complexity index is 1130. The molecule has 6 heteroatoms. The van der Waals surface area contributed by atoms with E-state index in [0.717, 1.165) is 35.4 Å². The number of ketones is 2. The van der Waals surface area contributed by atoms with Crippen LogP contribution in [0.4, 0.5) is 5.69 Å². The Kier molecular flexibility index (Phi) is 3.55. The van der Waals surface area contributed by atoms with Gasteiger partial charge in [-0.2, -0.15) is 0 Å². The van der Waals surface area contributed by atoms with Gasteiger partial charge >= 0.3 is 0 Å². The highest BCUT2D eigenvalue weighted by molar-refractivity contribution is 6.23. The van der Waals surface area contributed by atoms with E-state index in [1.165, 1.54) is 12.1 Å². The van der Waals surface area contributed by atoms with E-state index in [0.29, 0.717) is 23.1 Å². The second-order valence-corrected chi connectivity index (χ2v) is 7.24. The molecule has 0 amide bonds. The van der Waals surface area contributed by atoms with Crippen LogP contribution in [0.5, 0.6) is 0 Å². The summed E-state index contributed by atoms with van der Waals surface area (Å²) in [7, 11) is 0. The zero-order valence-electron chi connectivity index (χ0n) is 14.9. The summed E-state index contributed by atoms with van der Waals surface area (Å²) in [6.07, 6.45) is 1.97. The van der Waals surface area contributed by atoms with E-state index < -0.39 is 10.8 Å². The highest BCUT2D eigenvalue weighted by Gasteiger charge is 2.43. The van der Waals surface area contributed by atoms with Crippen LogP contribution in [0, 0.1) is 10.1 Å². The van der Waals surface area contributed by atoms with Gasteiger partial charge in [-0.15, -0.1) is 0 Å². The van der Waals surface area contributed by atoms with Crippen LogP contribution in [0.15, 0.2) is 65.4 Å². The Morgan fingerprint density at radius 2 is 1.64 bits per heavy atom. The predicted molar refractivity (Wildman–Crippen MR) is 103 cm³/mol. The zero-order valence-corrected chi connectivity index (χ0v) is 14.9. The van der Waals surface area contributed by atoms with Gasteiger partial charge in [-0.1, -0.05) is 36.4 Å². The van der Waals surface area contributed by atoms with Gasteiger partial charge in [0, 0.05) is 52.4 Å². The molecule has 1 atom stereocenters. The molecule has 0 saturated carbocycles. The van der Waals surface area contributed by atoms with Crippen molar-refractivity contribution in [2.24, 2.45) is 0 Å². The van der Waals surface area contributed by atoms with Gasteiger partial charge in [0.15, 0.2) is 11.6 Å². The van der Waals surface area contributed by atoms with Gasteiger partial charge in [-0.3, -0.25) is 19.7 Å². The second-order valence-electron chi connectivity index (χ2n) is 7.24. The van der Waals surface area contributed by atoms with E-state index in [9.17, 15) is 19.7 Å². The first-order valence-electron chi connectivity index (χ1n) is 9.22. The Hall–Kier alpha value is -3.54. The average molecular weight is 372 g/mol. The van der Waals surface area contributed by atoms with Crippen LogP contribution in [0.3, 0.4) is 0 Å². The maximum absolute atomic E-state index is 13.2. The molecule has 3 aliphatic rings. The lowest BCUT2D eigenvalue weighted by Gasteiger charge is -2.33. The number of dihydropyridines is 1. The summed E-state index contributed by atoms with van der Waals surface area (Å²) in [6, 6.07) is 13.6. The monoisotopic (exact) mass is 372 g/mol. The van der Waals surface area contributed by atoms with E-state index in [4.69, 9.17) is 0 Å². The smallest absolute Gasteiger partial charge is 0.269 e. The van der Waals surface area contributed by atoms with Crippen molar-refractivity contribution in [3.8, 4) is 0 Å². The van der Waals surface area contributed by atoms with Crippen molar-refractivity contribution in [3.05, 3.63) is 92.2 Å². The fourth-order valence-electron chi connectivity index (χ4n) is 4.46. The summed E-state index contributed by atoms with van der Waals surface area (Å²) in [6.45, 7) is 0. The van der Waals surface area contributed by atoms with Crippen molar-refractivity contribution in [2.45, 2.75) is 25.2 Å². The van der Waals surface area contributed by atoms with Crippen molar-refractivity contribution in [1.29, 1.82) is 0 Å². The fraction of sp³-hybridized carbons (Fsp3) is 0.182. The number of benzene rings is 2. The Morgan fingerprint density at radius 3 is 2.36 bits per heavy atom. The minimum Gasteiger partial charge on any atom is -0.358 e. The van der Waals surface area contributed by atoms with Gasteiger partial charge in [0.05, 0.1) is 10.6 Å². The van der Waals surface area contributed by atoms with Crippen molar-refractivity contribution < 1.29 is 14.5 Å². The Balaban J connectivity index is 1.72. The largest absolute Gasteiger partial charge is 0.358 e. The standard InChI is InChI=1S/C22H16N2O4/c25-17-7-3-6-16-19(17)18(12-8-10-13(11-9-12)24(27)28)20-21(23-16)14-4-1-2-5-15(14)22(20)26/h1-2,4-5,8-11,18,23H,3,6-7H2. The van der Waals surface area contributed by atoms with Crippen molar-refractivity contribution in [3.63, 3.8) is 0 Å². The number of nitro groups is 1. The Morgan fingerprint density at radius 1 is 0.929 bits per heavy atom. The van der Waals surface area contributed by atoms with Gasteiger partial charge in [-0.25, -0.2) is 0 Å². The van der Waals surface area contributed by atoms with E-state index in [-0.39, 0.29) is 17.3 Å². The van der Waals surface area contributed by atoms with Crippen molar-refractivity contribution >= 4 is 23.0 Å². The summed E-state index contributed by atoms with van der Waals surface area (Å²) in [5.41, 5.74) is 4.99. The molecule has 5 rings (SSSR count). The van der Waals surface area contributed by atoms with Crippen LogP contribution in [0.25, 0.3) is 5.70 Å². The van der Waals surface area contributed by atoms with Crippen LogP contribution >= 0.6 is 0 Å². The zero-order chi connectivity index (χ0) is 19.4. The van der Waals surface area contributed by atoms with Crippen LogP contribution < -0.4 is 5.32 Å². The minimum atomic E-state index is -0.500. The molecular formula is C22H16N2O4. The van der Waals surface area contributed by atoms with Gasteiger partial charge in [0.25, 0.3) is 5.69 Å². The van der Waals surface area contributed by atoms with Crippen LogP contribution in [-0.2, 0) is 4.79 Å².